The number of anilines is 1. The van der Waals surface area contributed by atoms with Crippen LogP contribution in [0.4, 0.5) is 5.69 Å². The summed E-state index contributed by atoms with van der Waals surface area (Å²) in [7, 11) is 3.50. The lowest BCUT2D eigenvalue weighted by Crippen LogP contribution is -2.36. The van der Waals surface area contributed by atoms with E-state index >= 15 is 0 Å². The molecule has 1 amide bonds. The molecule has 0 aliphatic rings. The van der Waals surface area contributed by atoms with Gasteiger partial charge in [0.25, 0.3) is 0 Å². The number of carbonyl (C=O) groups excluding carboxylic acids is 1. The molecule has 0 unspecified atom stereocenters. The lowest BCUT2D eigenvalue weighted by Gasteiger charge is -2.26. The first-order chi connectivity index (χ1) is 14.4. The second-order valence-electron chi connectivity index (χ2n) is 7.50. The van der Waals surface area contributed by atoms with Crippen LogP contribution in [0, 0.1) is 0 Å². The Hall–Kier alpha value is -2.80. The van der Waals surface area contributed by atoms with Crippen LogP contribution in [0.2, 0.25) is 0 Å². The molecule has 0 N–H and O–H groups in total. The first-order valence-corrected chi connectivity index (χ1v) is 10.8. The second kappa shape index (κ2) is 9.80. The van der Waals surface area contributed by atoms with E-state index in [1.54, 1.807) is 13.4 Å². The summed E-state index contributed by atoms with van der Waals surface area (Å²) in [5, 5.41) is 8.39. The Bertz CT molecular complexity index is 968. The van der Waals surface area contributed by atoms with Crippen LogP contribution >= 0.6 is 11.8 Å². The molecule has 0 spiro atoms. The summed E-state index contributed by atoms with van der Waals surface area (Å²) >= 11 is 1.41. The molecule has 3 rings (SSSR count). The van der Waals surface area contributed by atoms with E-state index in [4.69, 9.17) is 4.74 Å². The summed E-state index contributed by atoms with van der Waals surface area (Å²) in [6.45, 7) is 6.74. The number of hydrogen-bond donors (Lipinski definition) is 0. The number of aryl methyl sites for hydroxylation is 1. The van der Waals surface area contributed by atoms with Crippen LogP contribution in [0.3, 0.4) is 0 Å². The van der Waals surface area contributed by atoms with Crippen LogP contribution in [0.25, 0.3) is 0 Å². The highest BCUT2D eigenvalue weighted by molar-refractivity contribution is 8.00. The van der Waals surface area contributed by atoms with E-state index in [0.717, 1.165) is 17.0 Å². The van der Waals surface area contributed by atoms with Gasteiger partial charge < -0.3 is 14.2 Å². The average Bonchev–Trinajstić information content (AvgIpc) is 3.16. The van der Waals surface area contributed by atoms with Crippen molar-refractivity contribution in [1.82, 2.24) is 14.8 Å². The van der Waals surface area contributed by atoms with Gasteiger partial charge in [-0.2, -0.15) is 0 Å². The SMILES string of the molecule is COc1ccc(N(Cc2ccc(C(C)C)cc2)C(=O)[C@@H](C)Sc2nncn2C)cc1. The number of rotatable bonds is 8. The molecule has 0 bridgehead atoms. The quantitative estimate of drug-likeness (QED) is 0.492. The summed E-state index contributed by atoms with van der Waals surface area (Å²) < 4.78 is 7.08. The van der Waals surface area contributed by atoms with Crippen LogP contribution in [-0.2, 0) is 18.4 Å². The number of amides is 1. The monoisotopic (exact) mass is 424 g/mol. The first kappa shape index (κ1) is 21.9. The van der Waals surface area contributed by atoms with E-state index in [0.29, 0.717) is 17.6 Å². The maximum absolute atomic E-state index is 13.4. The average molecular weight is 425 g/mol. The fourth-order valence-corrected chi connectivity index (χ4v) is 3.91. The number of nitrogens with zero attached hydrogens (tertiary/aromatic N) is 4. The van der Waals surface area contributed by atoms with Gasteiger partial charge >= 0.3 is 0 Å². The van der Waals surface area contributed by atoms with E-state index in [1.165, 1.54) is 17.3 Å². The number of methoxy groups -OCH3 is 1. The summed E-state index contributed by atoms with van der Waals surface area (Å²) in [4.78, 5) is 15.2. The van der Waals surface area contributed by atoms with Gasteiger partial charge in [-0.3, -0.25) is 4.79 Å². The van der Waals surface area contributed by atoms with Crippen molar-refractivity contribution in [2.24, 2.45) is 7.05 Å². The molecule has 1 aromatic heterocycles. The summed E-state index contributed by atoms with van der Waals surface area (Å²) in [5.74, 6) is 1.25. The fourth-order valence-electron chi connectivity index (χ4n) is 3.06. The highest BCUT2D eigenvalue weighted by Crippen LogP contribution is 2.27. The first-order valence-electron chi connectivity index (χ1n) is 9.94. The number of benzene rings is 2. The van der Waals surface area contributed by atoms with Gasteiger partial charge in [-0.1, -0.05) is 49.9 Å². The molecule has 1 heterocycles. The van der Waals surface area contributed by atoms with Crippen LogP contribution in [-0.4, -0.2) is 33.0 Å². The Labute approximate surface area is 182 Å². The Morgan fingerprint density at radius 3 is 2.30 bits per heavy atom. The predicted molar refractivity (Wildman–Crippen MR) is 121 cm³/mol. The van der Waals surface area contributed by atoms with Gasteiger partial charge in [0.15, 0.2) is 5.16 Å². The van der Waals surface area contributed by atoms with Crippen molar-refractivity contribution in [3.63, 3.8) is 0 Å². The largest absolute Gasteiger partial charge is 0.497 e. The third kappa shape index (κ3) is 5.21. The molecule has 6 nitrogen and oxygen atoms in total. The molecular formula is C23H28N4O2S. The predicted octanol–water partition coefficient (Wildman–Crippen LogP) is 4.66. The zero-order valence-corrected chi connectivity index (χ0v) is 18.9. The Morgan fingerprint density at radius 1 is 1.10 bits per heavy atom. The van der Waals surface area contributed by atoms with Crippen molar-refractivity contribution < 1.29 is 9.53 Å². The Kier molecular flexibility index (Phi) is 7.15. The highest BCUT2D eigenvalue weighted by atomic mass is 32.2. The number of thioether (sulfide) groups is 1. The molecule has 0 radical (unpaired) electrons. The summed E-state index contributed by atoms with van der Waals surface area (Å²) in [6.07, 6.45) is 1.64. The Balaban J connectivity index is 1.85. The number of carbonyl (C=O) groups is 1. The molecule has 2 aromatic carbocycles. The van der Waals surface area contributed by atoms with Crippen molar-refractivity contribution in [3.8, 4) is 5.75 Å². The molecule has 30 heavy (non-hydrogen) atoms. The zero-order chi connectivity index (χ0) is 21.7. The molecule has 0 aliphatic carbocycles. The molecule has 0 aliphatic heterocycles. The second-order valence-corrected chi connectivity index (χ2v) is 8.81. The van der Waals surface area contributed by atoms with Crippen LogP contribution < -0.4 is 9.64 Å². The van der Waals surface area contributed by atoms with Crippen LogP contribution in [0.1, 0.15) is 37.8 Å². The minimum Gasteiger partial charge on any atom is -0.497 e. The molecule has 7 heteroatoms. The molecular weight excluding hydrogens is 396 g/mol. The smallest absolute Gasteiger partial charge is 0.240 e. The number of aromatic nitrogens is 3. The number of hydrogen-bond acceptors (Lipinski definition) is 5. The van der Waals surface area contributed by atoms with Gasteiger partial charge in [-0.05, 0) is 48.2 Å². The van der Waals surface area contributed by atoms with E-state index in [2.05, 4.69) is 48.3 Å². The summed E-state index contributed by atoms with van der Waals surface area (Å²) in [5.41, 5.74) is 3.20. The lowest BCUT2D eigenvalue weighted by molar-refractivity contribution is -0.118. The molecule has 1 atom stereocenters. The van der Waals surface area contributed by atoms with Crippen molar-refractivity contribution in [1.29, 1.82) is 0 Å². The number of ether oxygens (including phenoxy) is 1. The van der Waals surface area contributed by atoms with E-state index in [1.807, 2.05) is 47.7 Å². The molecule has 0 fully saturated rings. The molecule has 3 aromatic rings. The van der Waals surface area contributed by atoms with Gasteiger partial charge in [0, 0.05) is 12.7 Å². The van der Waals surface area contributed by atoms with E-state index in [9.17, 15) is 4.79 Å². The van der Waals surface area contributed by atoms with Gasteiger partial charge in [0.05, 0.1) is 18.9 Å². The maximum Gasteiger partial charge on any atom is 0.240 e. The standard InChI is InChI=1S/C23H28N4O2S/c1-16(2)19-8-6-18(7-9-19)14-27(20-10-12-21(29-5)13-11-20)22(28)17(3)30-23-25-24-15-26(23)4/h6-13,15-17H,14H2,1-5H3/t17-/m1/s1. The lowest BCUT2D eigenvalue weighted by atomic mass is 10.0. The van der Waals surface area contributed by atoms with Crippen molar-refractivity contribution in [3.05, 3.63) is 66.0 Å². The molecule has 158 valence electrons. The van der Waals surface area contributed by atoms with Gasteiger partial charge in [0.1, 0.15) is 12.1 Å². The minimum atomic E-state index is -0.315. The summed E-state index contributed by atoms with van der Waals surface area (Å²) in [6, 6.07) is 16.0. The fraction of sp³-hybridized carbons (Fsp3) is 0.348. The van der Waals surface area contributed by atoms with Crippen molar-refractivity contribution in [2.45, 2.75) is 43.6 Å². The highest BCUT2D eigenvalue weighted by Gasteiger charge is 2.25. The third-order valence-corrected chi connectivity index (χ3v) is 6.07. The maximum atomic E-state index is 13.4. The van der Waals surface area contributed by atoms with Crippen LogP contribution in [0.5, 0.6) is 5.75 Å². The van der Waals surface area contributed by atoms with Gasteiger partial charge in [-0.15, -0.1) is 10.2 Å². The molecule has 0 saturated heterocycles. The van der Waals surface area contributed by atoms with E-state index in [-0.39, 0.29) is 11.2 Å². The van der Waals surface area contributed by atoms with Gasteiger partial charge in [-0.25, -0.2) is 0 Å². The topological polar surface area (TPSA) is 60.2 Å². The normalized spacial score (nSPS) is 12.1. The van der Waals surface area contributed by atoms with Crippen molar-refractivity contribution in [2.75, 3.05) is 12.0 Å². The van der Waals surface area contributed by atoms with Crippen LogP contribution in [0.15, 0.2) is 60.0 Å². The molecule has 0 saturated carbocycles. The van der Waals surface area contributed by atoms with Crippen molar-refractivity contribution >= 4 is 23.4 Å². The minimum absolute atomic E-state index is 0.0149. The third-order valence-electron chi connectivity index (χ3n) is 4.94. The zero-order valence-electron chi connectivity index (χ0n) is 18.1. The Morgan fingerprint density at radius 2 is 1.77 bits per heavy atom. The van der Waals surface area contributed by atoms with Gasteiger partial charge in [0.2, 0.25) is 5.91 Å². The van der Waals surface area contributed by atoms with E-state index < -0.39 is 0 Å².